The van der Waals surface area contributed by atoms with Crippen LogP contribution in [0, 0.1) is 26.8 Å². The largest absolute Gasteiger partial charge is 1.00 e. The average molecular weight is 540 g/mol. The predicted octanol–water partition coefficient (Wildman–Crippen LogP) is 2.87. The molecule has 4 rings (SSSR count). The summed E-state index contributed by atoms with van der Waals surface area (Å²) in [6.07, 6.45) is 3.44. The third-order valence-electron chi connectivity index (χ3n) is 5.99. The maximum atomic E-state index is 12.6. The molecule has 3 N–H and O–H groups in total. The zero-order valence-corrected chi connectivity index (χ0v) is 25.3. The normalized spacial score (nSPS) is 14.1. The molecule has 190 valence electrons. The number of alkyl halides is 2. The molecule has 1 unspecified atom stereocenters. The number of fused-ring (bicyclic) bond motifs is 1. The molecule has 1 saturated heterocycles. The van der Waals surface area contributed by atoms with Gasteiger partial charge in [-0.25, -0.2) is 0 Å². The second kappa shape index (κ2) is 14.9. The summed E-state index contributed by atoms with van der Waals surface area (Å²) in [6.45, 7) is 11.7. The van der Waals surface area contributed by atoms with Crippen molar-refractivity contribution in [3.8, 4) is 0 Å². The summed E-state index contributed by atoms with van der Waals surface area (Å²) in [7, 11) is 1.48. The van der Waals surface area contributed by atoms with Crippen molar-refractivity contribution >= 4 is 31.8 Å². The van der Waals surface area contributed by atoms with Crippen molar-refractivity contribution < 1.29 is 69.4 Å². The number of anilines is 1. The molecular formula is C27H33F2KN3O2P-2. The van der Waals surface area contributed by atoms with E-state index in [0.29, 0.717) is 5.76 Å². The molecule has 1 aromatic heterocycles. The van der Waals surface area contributed by atoms with E-state index in [0.717, 1.165) is 61.0 Å². The van der Waals surface area contributed by atoms with Crippen LogP contribution in [-0.2, 0) is 5.66 Å². The molecule has 1 aliphatic rings. The Morgan fingerprint density at radius 3 is 2.42 bits per heavy atom. The summed E-state index contributed by atoms with van der Waals surface area (Å²) in [5.41, 5.74) is -0.237. The van der Waals surface area contributed by atoms with E-state index in [9.17, 15) is 13.6 Å². The molecule has 0 bridgehead atoms. The van der Waals surface area contributed by atoms with Crippen LogP contribution < -0.4 is 67.3 Å². The van der Waals surface area contributed by atoms with Crippen LogP contribution in [-0.4, -0.2) is 31.1 Å². The molecule has 0 spiro atoms. The van der Waals surface area contributed by atoms with Crippen LogP contribution in [0.25, 0.3) is 11.0 Å². The summed E-state index contributed by atoms with van der Waals surface area (Å²) in [5, 5.41) is 10.8. The molecule has 1 aliphatic heterocycles. The fourth-order valence-electron chi connectivity index (χ4n) is 3.88. The summed E-state index contributed by atoms with van der Waals surface area (Å²) in [4.78, 5) is 12.6. The first kappa shape index (κ1) is 31.4. The number of carbonyl (C=O) groups is 1. The molecule has 1 fully saturated rings. The van der Waals surface area contributed by atoms with Crippen LogP contribution in [0.1, 0.15) is 47.4 Å². The summed E-state index contributed by atoms with van der Waals surface area (Å²) >= 11 is 0. The SMILES string of the molecule is FC(F)(P)c1cc[c-]cc1.[CH2-]CC(C[CH2-])Nc1ccc2c(C)c(C(=O)NC3CCNCC3)oc2c1.[K+]. The molecule has 1 atom stereocenters. The molecule has 36 heavy (non-hydrogen) atoms. The summed E-state index contributed by atoms with van der Waals surface area (Å²) < 4.78 is 30.7. The Labute approximate surface area is 257 Å². The van der Waals surface area contributed by atoms with E-state index in [-0.39, 0.29) is 74.9 Å². The van der Waals surface area contributed by atoms with Crippen LogP contribution >= 0.6 is 9.24 Å². The van der Waals surface area contributed by atoms with Crippen molar-refractivity contribution in [3.63, 3.8) is 0 Å². The van der Waals surface area contributed by atoms with E-state index in [2.05, 4.69) is 35.9 Å². The summed E-state index contributed by atoms with van der Waals surface area (Å²) in [5.74, 6) is 0.292. The van der Waals surface area contributed by atoms with Gasteiger partial charge in [0.05, 0.1) is 0 Å². The first-order valence-corrected chi connectivity index (χ1v) is 12.3. The van der Waals surface area contributed by atoms with Crippen LogP contribution in [0.15, 0.2) is 46.9 Å². The Balaban J connectivity index is 0.000000350. The number of amides is 1. The maximum Gasteiger partial charge on any atom is 1.00 e. The number of aryl methyl sites for hydroxylation is 1. The Hall–Kier alpha value is -0.864. The minimum Gasteiger partial charge on any atom is -0.451 e. The van der Waals surface area contributed by atoms with Crippen molar-refractivity contribution in [2.75, 3.05) is 18.4 Å². The van der Waals surface area contributed by atoms with Crippen molar-refractivity contribution in [3.05, 3.63) is 79.3 Å². The van der Waals surface area contributed by atoms with Crippen molar-refractivity contribution in [2.45, 2.75) is 50.4 Å². The second-order valence-electron chi connectivity index (χ2n) is 8.60. The molecule has 3 aromatic rings. The van der Waals surface area contributed by atoms with E-state index in [4.69, 9.17) is 4.42 Å². The van der Waals surface area contributed by atoms with Gasteiger partial charge in [-0.1, -0.05) is 14.8 Å². The Bertz CT molecular complexity index is 1100. The van der Waals surface area contributed by atoms with Crippen LogP contribution in [0.2, 0.25) is 0 Å². The number of halogens is 2. The van der Waals surface area contributed by atoms with Gasteiger partial charge < -0.3 is 34.2 Å². The molecular weight excluding hydrogens is 506 g/mol. The topological polar surface area (TPSA) is 66.3 Å². The van der Waals surface area contributed by atoms with Crippen LogP contribution in [0.5, 0.6) is 0 Å². The van der Waals surface area contributed by atoms with Gasteiger partial charge in [-0.3, -0.25) is 4.79 Å². The van der Waals surface area contributed by atoms with E-state index in [1.54, 1.807) is 0 Å². The number of nitrogens with one attached hydrogen (secondary N) is 3. The van der Waals surface area contributed by atoms with Gasteiger partial charge >= 0.3 is 51.4 Å². The van der Waals surface area contributed by atoms with E-state index < -0.39 is 5.66 Å². The van der Waals surface area contributed by atoms with Gasteiger partial charge in [-0.2, -0.15) is 52.0 Å². The smallest absolute Gasteiger partial charge is 0.451 e. The van der Waals surface area contributed by atoms with Gasteiger partial charge in [0.2, 0.25) is 0 Å². The quantitative estimate of drug-likeness (QED) is 0.246. The number of piperidine rings is 1. The summed E-state index contributed by atoms with van der Waals surface area (Å²) in [6, 6.07) is 14.7. The molecule has 0 saturated carbocycles. The number of hydrogen-bond acceptors (Lipinski definition) is 4. The molecule has 9 heteroatoms. The van der Waals surface area contributed by atoms with Crippen LogP contribution in [0.4, 0.5) is 14.5 Å². The molecule has 0 radical (unpaired) electrons. The first-order chi connectivity index (χ1) is 16.7. The van der Waals surface area contributed by atoms with E-state index in [1.807, 2.05) is 25.1 Å². The van der Waals surface area contributed by atoms with E-state index >= 15 is 0 Å². The number of benzene rings is 2. The minimum atomic E-state index is -2.81. The van der Waals surface area contributed by atoms with Gasteiger partial charge in [-0.05, 0) is 51.0 Å². The van der Waals surface area contributed by atoms with Gasteiger partial charge in [0.25, 0.3) is 11.6 Å². The second-order valence-corrected chi connectivity index (χ2v) is 9.32. The molecule has 2 heterocycles. The molecule has 5 nitrogen and oxygen atoms in total. The number of carbonyl (C=O) groups excluding carboxylic acids is 1. The van der Waals surface area contributed by atoms with Crippen molar-refractivity contribution in [2.24, 2.45) is 0 Å². The van der Waals surface area contributed by atoms with Gasteiger partial charge in [0, 0.05) is 28.7 Å². The van der Waals surface area contributed by atoms with Crippen LogP contribution in [0.3, 0.4) is 0 Å². The van der Waals surface area contributed by atoms with Gasteiger partial charge in [-0.15, -0.1) is 0 Å². The minimum absolute atomic E-state index is 0. The average Bonchev–Trinajstić information content (AvgIpc) is 3.19. The van der Waals surface area contributed by atoms with E-state index in [1.165, 1.54) is 33.5 Å². The molecule has 1 amide bonds. The molecule has 2 aromatic carbocycles. The Morgan fingerprint density at radius 2 is 1.86 bits per heavy atom. The number of hydrogen-bond donors (Lipinski definition) is 3. The molecule has 0 aliphatic carbocycles. The standard InChI is InChI=1S/C20H27N3O2.C7H6F2P.K/c1-4-14(5-2)22-16-6-7-17-13(3)19(25-18(17)12-16)20(24)23-15-8-10-21-11-9-15;8-7(9,10)6-4-2-1-3-5-6;/h6-7,12,14-15,21-22H,1-2,4-5,8-11H2,3H3,(H,23,24);2-5H,10H2;/q-2;-1;+1. The van der Waals surface area contributed by atoms with Gasteiger partial charge in [0.15, 0.2) is 5.76 Å². The third kappa shape index (κ3) is 8.86. The Morgan fingerprint density at radius 1 is 1.22 bits per heavy atom. The maximum absolute atomic E-state index is 12.6. The monoisotopic (exact) mass is 539 g/mol. The zero-order valence-electron chi connectivity index (χ0n) is 21.0. The van der Waals surface area contributed by atoms with Crippen molar-refractivity contribution in [1.29, 1.82) is 0 Å². The van der Waals surface area contributed by atoms with Crippen molar-refractivity contribution in [1.82, 2.24) is 10.6 Å². The Kier molecular flexibility index (Phi) is 13.0. The third-order valence-corrected chi connectivity index (χ3v) is 6.32. The number of furan rings is 1. The fourth-order valence-corrected chi connectivity index (χ4v) is 4.07. The fraction of sp³-hybridized carbons (Fsp3) is 0.370. The van der Waals surface area contributed by atoms with Gasteiger partial charge in [0.1, 0.15) is 5.58 Å². The first-order valence-electron chi connectivity index (χ1n) is 11.8. The predicted molar refractivity (Wildman–Crippen MR) is 141 cm³/mol. The number of rotatable bonds is 7. The zero-order chi connectivity index (χ0) is 25.4.